The van der Waals surface area contributed by atoms with Crippen LogP contribution in [0.1, 0.15) is 42.2 Å². The SMILES string of the molecule is CCn1c(C)ccc(C(=O)N2CCCN(C(=O)CN3CCCC3=O)CC2)c1=O. The Morgan fingerprint density at radius 1 is 0.964 bits per heavy atom. The first kappa shape index (κ1) is 20.1. The molecule has 0 aliphatic carbocycles. The number of likely N-dealkylation sites (tertiary alicyclic amines) is 1. The first-order chi connectivity index (χ1) is 13.4. The van der Waals surface area contributed by atoms with Crippen LogP contribution >= 0.6 is 0 Å². The van der Waals surface area contributed by atoms with Gasteiger partial charge in [0.2, 0.25) is 11.8 Å². The van der Waals surface area contributed by atoms with Crippen LogP contribution in [0.4, 0.5) is 0 Å². The van der Waals surface area contributed by atoms with Crippen molar-refractivity contribution in [3.63, 3.8) is 0 Å². The van der Waals surface area contributed by atoms with Crippen molar-refractivity contribution < 1.29 is 14.4 Å². The van der Waals surface area contributed by atoms with Gasteiger partial charge in [0, 0.05) is 51.4 Å². The first-order valence-corrected chi connectivity index (χ1v) is 9.97. The normalized spacial score (nSPS) is 17.8. The Balaban J connectivity index is 1.65. The molecule has 28 heavy (non-hydrogen) atoms. The Bertz CT molecular complexity index is 832. The fourth-order valence-corrected chi connectivity index (χ4v) is 3.90. The van der Waals surface area contributed by atoms with Gasteiger partial charge in [-0.3, -0.25) is 19.2 Å². The molecule has 2 saturated heterocycles. The minimum Gasteiger partial charge on any atom is -0.339 e. The molecule has 0 saturated carbocycles. The zero-order chi connectivity index (χ0) is 20.3. The van der Waals surface area contributed by atoms with Gasteiger partial charge < -0.3 is 19.3 Å². The molecule has 0 N–H and O–H groups in total. The minimum atomic E-state index is -0.281. The van der Waals surface area contributed by atoms with E-state index < -0.39 is 0 Å². The van der Waals surface area contributed by atoms with E-state index >= 15 is 0 Å². The van der Waals surface area contributed by atoms with E-state index in [0.717, 1.165) is 12.1 Å². The molecule has 0 radical (unpaired) electrons. The highest BCUT2D eigenvalue weighted by Gasteiger charge is 2.28. The number of aromatic nitrogens is 1. The molecule has 0 atom stereocenters. The molecule has 3 amide bonds. The highest BCUT2D eigenvalue weighted by atomic mass is 16.2. The van der Waals surface area contributed by atoms with E-state index in [2.05, 4.69) is 0 Å². The van der Waals surface area contributed by atoms with Crippen LogP contribution in [0.15, 0.2) is 16.9 Å². The zero-order valence-corrected chi connectivity index (χ0v) is 16.6. The van der Waals surface area contributed by atoms with Crippen LogP contribution in [-0.2, 0) is 16.1 Å². The second-order valence-corrected chi connectivity index (χ2v) is 7.38. The Hall–Kier alpha value is -2.64. The third kappa shape index (κ3) is 4.10. The van der Waals surface area contributed by atoms with Crippen LogP contribution in [0.3, 0.4) is 0 Å². The molecule has 2 aliphatic heterocycles. The van der Waals surface area contributed by atoms with Gasteiger partial charge in [-0.1, -0.05) is 0 Å². The van der Waals surface area contributed by atoms with Gasteiger partial charge in [0.1, 0.15) is 5.56 Å². The Morgan fingerprint density at radius 2 is 1.68 bits per heavy atom. The van der Waals surface area contributed by atoms with E-state index in [-0.39, 0.29) is 35.4 Å². The summed E-state index contributed by atoms with van der Waals surface area (Å²) < 4.78 is 1.59. The Kier molecular flexibility index (Phi) is 6.16. The van der Waals surface area contributed by atoms with Crippen molar-refractivity contribution >= 4 is 17.7 Å². The van der Waals surface area contributed by atoms with E-state index in [1.54, 1.807) is 31.4 Å². The zero-order valence-electron chi connectivity index (χ0n) is 16.6. The van der Waals surface area contributed by atoms with Crippen molar-refractivity contribution in [1.82, 2.24) is 19.3 Å². The summed E-state index contributed by atoms with van der Waals surface area (Å²) in [4.78, 5) is 54.8. The molecule has 2 fully saturated rings. The molecular weight excluding hydrogens is 360 g/mol. The number of aryl methyl sites for hydroxylation is 1. The van der Waals surface area contributed by atoms with Crippen LogP contribution in [0.5, 0.6) is 0 Å². The fourth-order valence-electron chi connectivity index (χ4n) is 3.90. The van der Waals surface area contributed by atoms with Crippen molar-refractivity contribution in [3.05, 3.63) is 33.7 Å². The number of pyridine rings is 1. The number of hydrogen-bond acceptors (Lipinski definition) is 4. The van der Waals surface area contributed by atoms with Gasteiger partial charge in [-0.05, 0) is 38.8 Å². The van der Waals surface area contributed by atoms with E-state index in [9.17, 15) is 19.2 Å². The predicted octanol–water partition coefficient (Wildman–Crippen LogP) is 0.474. The summed E-state index contributed by atoms with van der Waals surface area (Å²) in [5.74, 6) is -0.323. The van der Waals surface area contributed by atoms with Crippen molar-refractivity contribution in [2.24, 2.45) is 0 Å². The number of nitrogens with zero attached hydrogens (tertiary/aromatic N) is 4. The molecular formula is C20H28N4O4. The van der Waals surface area contributed by atoms with Gasteiger partial charge >= 0.3 is 0 Å². The molecule has 3 heterocycles. The molecule has 0 unspecified atom stereocenters. The lowest BCUT2D eigenvalue weighted by atomic mass is 10.2. The molecule has 1 aromatic heterocycles. The second kappa shape index (κ2) is 8.58. The summed E-state index contributed by atoms with van der Waals surface area (Å²) in [5, 5.41) is 0. The summed E-state index contributed by atoms with van der Waals surface area (Å²) in [6.07, 6.45) is 1.97. The van der Waals surface area contributed by atoms with Crippen molar-refractivity contribution in [2.75, 3.05) is 39.3 Å². The van der Waals surface area contributed by atoms with Crippen molar-refractivity contribution in [2.45, 2.75) is 39.7 Å². The number of carbonyl (C=O) groups is 3. The van der Waals surface area contributed by atoms with Gasteiger partial charge in [-0.15, -0.1) is 0 Å². The molecule has 2 aliphatic rings. The maximum atomic E-state index is 12.9. The molecule has 0 bridgehead atoms. The van der Waals surface area contributed by atoms with Crippen LogP contribution in [0.2, 0.25) is 0 Å². The standard InChI is InChI=1S/C20H28N4O4/c1-3-24-15(2)7-8-16(20(24)28)19(27)22-11-5-10-21(12-13-22)18(26)14-23-9-4-6-17(23)25/h7-8H,3-6,9-14H2,1-2H3. The summed E-state index contributed by atoms with van der Waals surface area (Å²) in [7, 11) is 0. The van der Waals surface area contributed by atoms with E-state index in [1.807, 2.05) is 13.8 Å². The average Bonchev–Trinajstić information content (AvgIpc) is 2.93. The molecule has 8 heteroatoms. The highest BCUT2D eigenvalue weighted by molar-refractivity contribution is 5.94. The van der Waals surface area contributed by atoms with Gasteiger partial charge in [0.15, 0.2) is 0 Å². The van der Waals surface area contributed by atoms with Gasteiger partial charge in [0.05, 0.1) is 6.54 Å². The largest absolute Gasteiger partial charge is 0.339 e. The van der Waals surface area contributed by atoms with Crippen LogP contribution in [0.25, 0.3) is 0 Å². The van der Waals surface area contributed by atoms with Crippen LogP contribution in [-0.4, -0.2) is 76.3 Å². The molecule has 3 rings (SSSR count). The third-order valence-corrected chi connectivity index (χ3v) is 5.57. The average molecular weight is 388 g/mol. The lowest BCUT2D eigenvalue weighted by Crippen LogP contribution is -2.43. The summed E-state index contributed by atoms with van der Waals surface area (Å²) in [6, 6.07) is 3.39. The molecule has 8 nitrogen and oxygen atoms in total. The lowest BCUT2D eigenvalue weighted by molar-refractivity contribution is -0.138. The van der Waals surface area contributed by atoms with Crippen molar-refractivity contribution in [3.8, 4) is 0 Å². The highest BCUT2D eigenvalue weighted by Crippen LogP contribution is 2.12. The maximum Gasteiger partial charge on any atom is 0.263 e. The fraction of sp³-hybridized carbons (Fsp3) is 0.600. The van der Waals surface area contributed by atoms with Crippen molar-refractivity contribution in [1.29, 1.82) is 0 Å². The minimum absolute atomic E-state index is 0.0338. The Labute approximate surface area is 164 Å². The van der Waals surface area contributed by atoms with E-state index in [1.165, 1.54) is 0 Å². The molecule has 0 aromatic carbocycles. The van der Waals surface area contributed by atoms with Gasteiger partial charge in [0.25, 0.3) is 11.5 Å². The van der Waals surface area contributed by atoms with E-state index in [4.69, 9.17) is 0 Å². The van der Waals surface area contributed by atoms with Gasteiger partial charge in [-0.25, -0.2) is 0 Å². The third-order valence-electron chi connectivity index (χ3n) is 5.57. The quantitative estimate of drug-likeness (QED) is 0.751. The number of amides is 3. The lowest BCUT2D eigenvalue weighted by Gasteiger charge is -2.24. The Morgan fingerprint density at radius 3 is 2.36 bits per heavy atom. The summed E-state index contributed by atoms with van der Waals surface area (Å²) in [5.41, 5.74) is 0.736. The predicted molar refractivity (Wildman–Crippen MR) is 104 cm³/mol. The second-order valence-electron chi connectivity index (χ2n) is 7.38. The molecule has 0 spiro atoms. The summed E-state index contributed by atoms with van der Waals surface area (Å²) >= 11 is 0. The van der Waals surface area contributed by atoms with Crippen LogP contribution in [0, 0.1) is 6.92 Å². The smallest absolute Gasteiger partial charge is 0.263 e. The monoisotopic (exact) mass is 388 g/mol. The summed E-state index contributed by atoms with van der Waals surface area (Å²) in [6.45, 7) is 6.86. The first-order valence-electron chi connectivity index (χ1n) is 9.97. The van der Waals surface area contributed by atoms with Gasteiger partial charge in [-0.2, -0.15) is 0 Å². The topological polar surface area (TPSA) is 82.9 Å². The number of hydrogen-bond donors (Lipinski definition) is 0. The molecule has 1 aromatic rings. The number of carbonyl (C=O) groups excluding carboxylic acids is 3. The van der Waals surface area contributed by atoms with E-state index in [0.29, 0.717) is 52.1 Å². The number of rotatable bonds is 4. The maximum absolute atomic E-state index is 12.9. The molecule has 152 valence electrons. The van der Waals surface area contributed by atoms with Crippen LogP contribution < -0.4 is 5.56 Å².